The average molecular weight is 411 g/mol. The molecule has 0 amide bonds. The van der Waals surface area contributed by atoms with Crippen LogP contribution in [0.1, 0.15) is 34.7 Å². The van der Waals surface area contributed by atoms with Crippen molar-refractivity contribution < 1.29 is 14.2 Å². The first-order valence-electron chi connectivity index (χ1n) is 9.02. The van der Waals surface area contributed by atoms with Gasteiger partial charge in [0.05, 0.1) is 21.7 Å². The molecule has 3 aromatic rings. The fourth-order valence-corrected chi connectivity index (χ4v) is 4.92. The molecule has 4 heterocycles. The summed E-state index contributed by atoms with van der Waals surface area (Å²) in [6.07, 6.45) is 0.402. The monoisotopic (exact) mass is 410 g/mol. The summed E-state index contributed by atoms with van der Waals surface area (Å²) in [5, 5.41) is 9.63. The number of para-hydroxylation sites is 1. The Hall–Kier alpha value is -2.70. The molecule has 140 valence electrons. The molecule has 1 aromatic heterocycles. The number of nitrogens with zero attached hydrogens (tertiary/aromatic N) is 2. The van der Waals surface area contributed by atoms with E-state index in [1.165, 1.54) is 4.88 Å². The third kappa shape index (κ3) is 2.41. The van der Waals surface area contributed by atoms with Crippen molar-refractivity contribution in [3.05, 3.63) is 74.9 Å². The SMILES string of the molecule is Clc1cc2c(cc1[C@@H]1Oc3ccccc3[C@H]3CC(c4cccs4)=NN31)OCO2. The molecule has 0 N–H and O–H groups in total. The number of hydrazone groups is 1. The van der Waals surface area contributed by atoms with E-state index in [9.17, 15) is 0 Å². The molecule has 2 aromatic carbocycles. The Kier molecular flexibility index (Phi) is 3.58. The van der Waals surface area contributed by atoms with Gasteiger partial charge >= 0.3 is 0 Å². The highest BCUT2D eigenvalue weighted by atomic mass is 35.5. The van der Waals surface area contributed by atoms with Crippen LogP contribution in [0.3, 0.4) is 0 Å². The minimum atomic E-state index is -0.431. The van der Waals surface area contributed by atoms with Crippen molar-refractivity contribution in [1.82, 2.24) is 5.01 Å². The third-order valence-corrected chi connectivity index (χ3v) is 6.51. The summed E-state index contributed by atoms with van der Waals surface area (Å²) in [6.45, 7) is 0.205. The van der Waals surface area contributed by atoms with Gasteiger partial charge in [0.15, 0.2) is 11.5 Å². The summed E-state index contributed by atoms with van der Waals surface area (Å²) in [4.78, 5) is 1.18. The molecular formula is C21H15ClN2O3S. The van der Waals surface area contributed by atoms with E-state index in [4.69, 9.17) is 30.9 Å². The van der Waals surface area contributed by atoms with Crippen LogP contribution in [0.4, 0.5) is 0 Å². The number of benzene rings is 2. The van der Waals surface area contributed by atoms with E-state index in [0.717, 1.165) is 29.0 Å². The maximum Gasteiger partial charge on any atom is 0.231 e. The van der Waals surface area contributed by atoms with Gasteiger partial charge in [-0.2, -0.15) is 5.10 Å². The molecule has 0 aliphatic carbocycles. The van der Waals surface area contributed by atoms with Crippen LogP contribution in [-0.4, -0.2) is 17.5 Å². The van der Waals surface area contributed by atoms with Crippen LogP contribution in [0.25, 0.3) is 0 Å². The highest BCUT2D eigenvalue weighted by Gasteiger charge is 2.42. The average Bonchev–Trinajstić information content (AvgIpc) is 3.45. The van der Waals surface area contributed by atoms with Crippen LogP contribution >= 0.6 is 22.9 Å². The Bertz CT molecular complexity index is 1100. The summed E-state index contributed by atoms with van der Waals surface area (Å²) in [5.41, 5.74) is 3.04. The van der Waals surface area contributed by atoms with E-state index in [1.54, 1.807) is 17.4 Å². The van der Waals surface area contributed by atoms with Gasteiger partial charge in [0.25, 0.3) is 0 Å². The molecule has 0 bridgehead atoms. The van der Waals surface area contributed by atoms with E-state index in [2.05, 4.69) is 23.6 Å². The Morgan fingerprint density at radius 1 is 1.00 bits per heavy atom. The van der Waals surface area contributed by atoms with E-state index in [1.807, 2.05) is 29.3 Å². The van der Waals surface area contributed by atoms with Gasteiger partial charge in [-0.25, -0.2) is 5.01 Å². The predicted molar refractivity (Wildman–Crippen MR) is 107 cm³/mol. The topological polar surface area (TPSA) is 43.3 Å². The number of thiophene rings is 1. The number of hydrogen-bond donors (Lipinski definition) is 0. The van der Waals surface area contributed by atoms with E-state index in [-0.39, 0.29) is 12.8 Å². The van der Waals surface area contributed by atoms with Gasteiger partial charge in [-0.1, -0.05) is 35.9 Å². The normalized spacial score (nSPS) is 21.8. The molecule has 28 heavy (non-hydrogen) atoms. The largest absolute Gasteiger partial charge is 0.464 e. The summed E-state index contributed by atoms with van der Waals surface area (Å²) in [7, 11) is 0. The standard InChI is InChI=1S/C21H15ClN2O3S/c22-14-9-19-18(25-11-26-19)8-13(14)21-24-16(12-4-1-2-5-17(12)27-21)10-15(23-24)20-6-3-7-28-20/h1-9,16,21H,10-11H2/t16-,21+/m1/s1. The highest BCUT2D eigenvalue weighted by Crippen LogP contribution is 2.50. The molecule has 0 unspecified atom stereocenters. The molecule has 7 heteroatoms. The van der Waals surface area contributed by atoms with Crippen molar-refractivity contribution in [2.75, 3.05) is 6.79 Å². The minimum Gasteiger partial charge on any atom is -0.464 e. The lowest BCUT2D eigenvalue weighted by molar-refractivity contribution is -0.0190. The first-order chi connectivity index (χ1) is 13.8. The second-order valence-electron chi connectivity index (χ2n) is 6.86. The van der Waals surface area contributed by atoms with Gasteiger partial charge in [0.1, 0.15) is 5.75 Å². The minimum absolute atomic E-state index is 0.105. The van der Waals surface area contributed by atoms with Crippen molar-refractivity contribution in [3.8, 4) is 17.2 Å². The number of hydrogen-bond acceptors (Lipinski definition) is 6. The Balaban J connectivity index is 1.48. The fraction of sp³-hybridized carbons (Fsp3) is 0.190. The molecule has 0 spiro atoms. The molecule has 0 saturated carbocycles. The molecule has 5 nitrogen and oxygen atoms in total. The molecule has 2 atom stereocenters. The summed E-state index contributed by atoms with van der Waals surface area (Å²) >= 11 is 8.31. The summed E-state index contributed by atoms with van der Waals surface area (Å²) < 4.78 is 17.4. The Morgan fingerprint density at radius 2 is 1.86 bits per heavy atom. The van der Waals surface area contributed by atoms with Crippen LogP contribution in [0.5, 0.6) is 17.2 Å². The summed E-state index contributed by atoms with van der Waals surface area (Å²) in [6, 6.07) is 16.1. The molecule has 0 radical (unpaired) electrons. The Labute approximate surface area is 170 Å². The molecule has 0 saturated heterocycles. The second kappa shape index (κ2) is 6.15. The van der Waals surface area contributed by atoms with Crippen molar-refractivity contribution in [2.24, 2.45) is 5.10 Å². The molecule has 3 aliphatic heterocycles. The van der Waals surface area contributed by atoms with Gasteiger partial charge in [-0.15, -0.1) is 11.3 Å². The van der Waals surface area contributed by atoms with Gasteiger partial charge in [-0.3, -0.25) is 0 Å². The van der Waals surface area contributed by atoms with Crippen LogP contribution < -0.4 is 14.2 Å². The maximum atomic E-state index is 6.61. The number of rotatable bonds is 2. The van der Waals surface area contributed by atoms with Gasteiger partial charge in [-0.05, 0) is 23.6 Å². The van der Waals surface area contributed by atoms with Gasteiger partial charge in [0, 0.05) is 23.6 Å². The number of halogens is 1. The zero-order chi connectivity index (χ0) is 18.7. The van der Waals surface area contributed by atoms with Crippen molar-refractivity contribution in [1.29, 1.82) is 0 Å². The van der Waals surface area contributed by atoms with Crippen molar-refractivity contribution in [2.45, 2.75) is 18.7 Å². The molecule has 3 aliphatic rings. The van der Waals surface area contributed by atoms with E-state index < -0.39 is 6.23 Å². The number of fused-ring (bicyclic) bond motifs is 4. The lowest BCUT2D eigenvalue weighted by Crippen LogP contribution is -2.33. The van der Waals surface area contributed by atoms with Crippen LogP contribution in [-0.2, 0) is 0 Å². The second-order valence-corrected chi connectivity index (χ2v) is 8.21. The first kappa shape index (κ1) is 16.3. The van der Waals surface area contributed by atoms with Gasteiger partial charge < -0.3 is 14.2 Å². The van der Waals surface area contributed by atoms with E-state index in [0.29, 0.717) is 16.5 Å². The number of ether oxygens (including phenoxy) is 3. The van der Waals surface area contributed by atoms with Crippen LogP contribution in [0.2, 0.25) is 5.02 Å². The van der Waals surface area contributed by atoms with Crippen molar-refractivity contribution >= 4 is 28.6 Å². The third-order valence-electron chi connectivity index (χ3n) is 5.26. The zero-order valence-electron chi connectivity index (χ0n) is 14.7. The van der Waals surface area contributed by atoms with E-state index >= 15 is 0 Å². The molecular weight excluding hydrogens is 396 g/mol. The first-order valence-corrected chi connectivity index (χ1v) is 10.3. The van der Waals surface area contributed by atoms with Crippen molar-refractivity contribution in [3.63, 3.8) is 0 Å². The smallest absolute Gasteiger partial charge is 0.231 e. The van der Waals surface area contributed by atoms with Crippen LogP contribution in [0.15, 0.2) is 59.0 Å². The summed E-state index contributed by atoms with van der Waals surface area (Å²) in [5.74, 6) is 2.20. The molecule has 0 fully saturated rings. The lowest BCUT2D eigenvalue weighted by Gasteiger charge is -2.38. The fourth-order valence-electron chi connectivity index (χ4n) is 3.95. The quantitative estimate of drug-likeness (QED) is 0.569. The zero-order valence-corrected chi connectivity index (χ0v) is 16.2. The maximum absolute atomic E-state index is 6.61. The Morgan fingerprint density at radius 3 is 2.71 bits per heavy atom. The molecule has 6 rings (SSSR count). The highest BCUT2D eigenvalue weighted by molar-refractivity contribution is 7.12. The lowest BCUT2D eigenvalue weighted by atomic mass is 9.97. The predicted octanol–water partition coefficient (Wildman–Crippen LogP) is 5.37. The van der Waals surface area contributed by atoms with Gasteiger partial charge in [0.2, 0.25) is 13.0 Å². The van der Waals surface area contributed by atoms with Crippen LogP contribution in [0, 0.1) is 0 Å².